The van der Waals surface area contributed by atoms with E-state index in [0.29, 0.717) is 0 Å². The summed E-state index contributed by atoms with van der Waals surface area (Å²) in [6.45, 7) is 6.21. The van der Waals surface area contributed by atoms with Gasteiger partial charge in [-0.25, -0.2) is 0 Å². The first-order valence-corrected chi connectivity index (χ1v) is 10.2. The number of guanidine groups is 1. The van der Waals surface area contributed by atoms with Crippen molar-refractivity contribution in [1.82, 2.24) is 15.1 Å². The highest BCUT2D eigenvalue weighted by molar-refractivity contribution is 14.0. The summed E-state index contributed by atoms with van der Waals surface area (Å²) in [6, 6.07) is 4.11. The zero-order valence-electron chi connectivity index (χ0n) is 13.8. The second-order valence-corrected chi connectivity index (χ2v) is 8.07. The van der Waals surface area contributed by atoms with E-state index in [0.717, 1.165) is 49.6 Å². The molecule has 1 N–H and O–H groups in total. The monoisotopic (exact) mass is 488 g/mol. The molecule has 0 aromatic carbocycles. The first-order valence-electron chi connectivity index (χ1n) is 7.64. The van der Waals surface area contributed by atoms with Crippen LogP contribution in [-0.2, 0) is 6.54 Å². The molecule has 132 valence electrons. The molecule has 0 spiro atoms. The predicted molar refractivity (Wildman–Crippen MR) is 116 cm³/mol. The first-order chi connectivity index (χ1) is 10.7. The number of aliphatic imine (C=N–C) groups is 1. The standard InChI is InChI=1S/C15H25ClN4S2.HI/c1-17-15(18-6-3-11-21-2)20-9-7-19(8-10-20)12-13-4-5-14(16)22-13;/h4-5H,3,6-12H2,1-2H3,(H,17,18);1H. The predicted octanol–water partition coefficient (Wildman–Crippen LogP) is 3.47. The lowest BCUT2D eigenvalue weighted by Gasteiger charge is -2.36. The minimum Gasteiger partial charge on any atom is -0.356 e. The molecule has 0 amide bonds. The first kappa shape index (κ1) is 21.3. The van der Waals surface area contributed by atoms with Crippen LogP contribution < -0.4 is 5.32 Å². The molecule has 0 saturated carbocycles. The van der Waals surface area contributed by atoms with Gasteiger partial charge < -0.3 is 10.2 Å². The molecule has 1 aromatic rings. The van der Waals surface area contributed by atoms with E-state index >= 15 is 0 Å². The van der Waals surface area contributed by atoms with Crippen LogP contribution in [-0.4, -0.2) is 67.5 Å². The molecule has 1 aromatic heterocycles. The zero-order chi connectivity index (χ0) is 15.8. The summed E-state index contributed by atoms with van der Waals surface area (Å²) in [5, 5.41) is 3.47. The summed E-state index contributed by atoms with van der Waals surface area (Å²) >= 11 is 9.57. The zero-order valence-corrected chi connectivity index (χ0v) is 18.5. The summed E-state index contributed by atoms with van der Waals surface area (Å²) in [4.78, 5) is 10.6. The minimum atomic E-state index is 0. The van der Waals surface area contributed by atoms with Crippen LogP contribution in [0.5, 0.6) is 0 Å². The third kappa shape index (κ3) is 7.37. The van der Waals surface area contributed by atoms with Crippen molar-refractivity contribution in [3.05, 3.63) is 21.3 Å². The van der Waals surface area contributed by atoms with E-state index < -0.39 is 0 Å². The van der Waals surface area contributed by atoms with Crippen LogP contribution in [0, 0.1) is 0 Å². The van der Waals surface area contributed by atoms with Crippen molar-refractivity contribution in [3.8, 4) is 0 Å². The third-order valence-corrected chi connectivity index (χ3v) is 5.61. The molecular formula is C15H26ClIN4S2. The Morgan fingerprint density at radius 1 is 1.35 bits per heavy atom. The average Bonchev–Trinajstić information content (AvgIpc) is 2.94. The van der Waals surface area contributed by atoms with Gasteiger partial charge in [-0.3, -0.25) is 9.89 Å². The lowest BCUT2D eigenvalue weighted by atomic mass is 10.3. The smallest absolute Gasteiger partial charge is 0.193 e. The molecule has 1 fully saturated rings. The molecule has 0 unspecified atom stereocenters. The summed E-state index contributed by atoms with van der Waals surface area (Å²) in [5.41, 5.74) is 0. The van der Waals surface area contributed by atoms with Crippen molar-refractivity contribution in [1.29, 1.82) is 0 Å². The van der Waals surface area contributed by atoms with Crippen molar-refractivity contribution in [2.75, 3.05) is 51.8 Å². The van der Waals surface area contributed by atoms with Gasteiger partial charge in [0.1, 0.15) is 0 Å². The van der Waals surface area contributed by atoms with Crippen LogP contribution in [0.2, 0.25) is 4.34 Å². The van der Waals surface area contributed by atoms with Gasteiger partial charge in [0.15, 0.2) is 5.96 Å². The largest absolute Gasteiger partial charge is 0.356 e. The molecule has 2 heterocycles. The normalized spacial score (nSPS) is 16.3. The Labute approximate surface area is 170 Å². The fourth-order valence-electron chi connectivity index (χ4n) is 2.52. The highest BCUT2D eigenvalue weighted by atomic mass is 127. The van der Waals surface area contributed by atoms with Crippen LogP contribution in [0.1, 0.15) is 11.3 Å². The number of halogens is 2. The van der Waals surface area contributed by atoms with Crippen LogP contribution in [0.25, 0.3) is 0 Å². The second kappa shape index (κ2) is 11.8. The van der Waals surface area contributed by atoms with E-state index in [2.05, 4.69) is 32.4 Å². The lowest BCUT2D eigenvalue weighted by molar-refractivity contribution is 0.174. The van der Waals surface area contributed by atoms with Gasteiger partial charge >= 0.3 is 0 Å². The highest BCUT2D eigenvalue weighted by Crippen LogP contribution is 2.23. The molecule has 0 radical (unpaired) electrons. The SMILES string of the molecule is CN=C(NCCCSC)N1CCN(Cc2ccc(Cl)s2)CC1.I. The van der Waals surface area contributed by atoms with Gasteiger partial charge in [0.25, 0.3) is 0 Å². The van der Waals surface area contributed by atoms with Crippen LogP contribution in [0.15, 0.2) is 17.1 Å². The number of nitrogens with zero attached hydrogens (tertiary/aromatic N) is 3. The molecule has 23 heavy (non-hydrogen) atoms. The van der Waals surface area contributed by atoms with Crippen LogP contribution >= 0.6 is 58.7 Å². The molecular weight excluding hydrogens is 463 g/mol. The maximum atomic E-state index is 6.00. The van der Waals surface area contributed by atoms with Crippen LogP contribution in [0.4, 0.5) is 0 Å². The maximum Gasteiger partial charge on any atom is 0.193 e. The quantitative estimate of drug-likeness (QED) is 0.287. The molecule has 1 aliphatic heterocycles. The van der Waals surface area contributed by atoms with E-state index in [9.17, 15) is 0 Å². The molecule has 1 aliphatic rings. The summed E-state index contributed by atoms with van der Waals surface area (Å²) in [5.74, 6) is 2.24. The van der Waals surface area contributed by atoms with Crippen molar-refractivity contribution in [2.45, 2.75) is 13.0 Å². The van der Waals surface area contributed by atoms with Gasteiger partial charge in [-0.1, -0.05) is 11.6 Å². The Balaban J connectivity index is 0.00000264. The molecule has 0 aliphatic carbocycles. The Morgan fingerprint density at radius 2 is 2.09 bits per heavy atom. The highest BCUT2D eigenvalue weighted by Gasteiger charge is 2.19. The lowest BCUT2D eigenvalue weighted by Crippen LogP contribution is -2.52. The Kier molecular flexibility index (Phi) is 10.9. The Bertz CT molecular complexity index is 476. The van der Waals surface area contributed by atoms with Gasteiger partial charge in [0, 0.05) is 51.2 Å². The fourth-order valence-corrected chi connectivity index (χ4v) is 4.09. The van der Waals surface area contributed by atoms with Gasteiger partial charge in [-0.05, 0) is 30.6 Å². The fraction of sp³-hybridized carbons (Fsp3) is 0.667. The maximum absolute atomic E-state index is 6.00. The van der Waals surface area contributed by atoms with E-state index in [1.165, 1.54) is 17.1 Å². The van der Waals surface area contributed by atoms with Crippen molar-refractivity contribution in [3.63, 3.8) is 0 Å². The van der Waals surface area contributed by atoms with Gasteiger partial charge in [0.05, 0.1) is 4.34 Å². The Morgan fingerprint density at radius 3 is 2.65 bits per heavy atom. The number of thiophene rings is 1. The molecule has 0 bridgehead atoms. The summed E-state index contributed by atoms with van der Waals surface area (Å²) < 4.78 is 0.878. The number of nitrogens with one attached hydrogen (secondary N) is 1. The minimum absolute atomic E-state index is 0. The van der Waals surface area contributed by atoms with E-state index in [-0.39, 0.29) is 24.0 Å². The third-order valence-electron chi connectivity index (χ3n) is 3.70. The number of hydrogen-bond acceptors (Lipinski definition) is 4. The van der Waals surface area contributed by atoms with Gasteiger partial charge in [-0.15, -0.1) is 35.3 Å². The summed E-state index contributed by atoms with van der Waals surface area (Å²) in [7, 11) is 1.87. The van der Waals surface area contributed by atoms with E-state index in [4.69, 9.17) is 11.6 Å². The number of hydrogen-bond donors (Lipinski definition) is 1. The molecule has 0 atom stereocenters. The Hall–Kier alpha value is 0.300. The van der Waals surface area contributed by atoms with E-state index in [1.807, 2.05) is 24.9 Å². The van der Waals surface area contributed by atoms with Crippen molar-refractivity contribution >= 4 is 64.6 Å². The average molecular weight is 489 g/mol. The molecule has 1 saturated heterocycles. The van der Waals surface area contributed by atoms with Crippen molar-refractivity contribution < 1.29 is 0 Å². The molecule has 2 rings (SSSR count). The number of piperazine rings is 1. The van der Waals surface area contributed by atoms with Crippen LogP contribution in [0.3, 0.4) is 0 Å². The number of rotatable bonds is 6. The summed E-state index contributed by atoms with van der Waals surface area (Å²) in [6.07, 6.45) is 3.33. The topological polar surface area (TPSA) is 30.9 Å². The number of thioether (sulfide) groups is 1. The van der Waals surface area contributed by atoms with Gasteiger partial charge in [-0.2, -0.15) is 11.8 Å². The molecule has 4 nitrogen and oxygen atoms in total. The second-order valence-electron chi connectivity index (χ2n) is 5.29. The van der Waals surface area contributed by atoms with Gasteiger partial charge in [0.2, 0.25) is 0 Å². The van der Waals surface area contributed by atoms with Crippen molar-refractivity contribution in [2.24, 2.45) is 4.99 Å². The van der Waals surface area contributed by atoms with E-state index in [1.54, 1.807) is 11.3 Å². The molecule has 8 heteroatoms.